The number of nitrogens with zero attached hydrogens (tertiary/aromatic N) is 2. The third-order valence-corrected chi connectivity index (χ3v) is 9.22. The Morgan fingerprint density at radius 2 is 1.40 bits per heavy atom. The van der Waals surface area contributed by atoms with Gasteiger partial charge in [0.25, 0.3) is 0 Å². The number of methoxy groups -OCH3 is 2. The second-order valence-electron chi connectivity index (χ2n) is 13.3. The highest BCUT2D eigenvalue weighted by atomic mass is 16.5. The molecule has 8 nitrogen and oxygen atoms in total. The highest BCUT2D eigenvalue weighted by Gasteiger charge is 2.30. The zero-order valence-corrected chi connectivity index (χ0v) is 29.1. The molecule has 0 atom stereocenters. The maximum atomic E-state index is 12.1. The molecule has 0 bridgehead atoms. The Labute approximate surface area is 284 Å². The number of benzene rings is 3. The number of rotatable bonds is 14. The lowest BCUT2D eigenvalue weighted by molar-refractivity contribution is -0.136. The Morgan fingerprint density at radius 1 is 0.812 bits per heavy atom. The van der Waals surface area contributed by atoms with Crippen molar-refractivity contribution >= 4 is 11.7 Å². The van der Waals surface area contributed by atoms with Gasteiger partial charge in [-0.15, -0.1) is 0 Å². The van der Waals surface area contributed by atoms with E-state index in [0.717, 1.165) is 82.3 Å². The van der Waals surface area contributed by atoms with E-state index in [0.29, 0.717) is 37.6 Å². The summed E-state index contributed by atoms with van der Waals surface area (Å²) in [5.74, 6) is 2.04. The van der Waals surface area contributed by atoms with E-state index in [9.17, 15) is 9.90 Å². The van der Waals surface area contributed by atoms with Crippen molar-refractivity contribution in [3.05, 3.63) is 94.8 Å². The quantitative estimate of drug-likeness (QED) is 0.147. The van der Waals surface area contributed by atoms with E-state index in [-0.39, 0.29) is 11.8 Å². The molecule has 2 heterocycles. The Hall–Kier alpha value is -4.72. The number of hydrogen-bond acceptors (Lipinski definition) is 7. The molecule has 1 fully saturated rings. The fourth-order valence-electron chi connectivity index (χ4n) is 6.37. The van der Waals surface area contributed by atoms with Crippen LogP contribution in [0, 0.1) is 19.3 Å². The van der Waals surface area contributed by atoms with Gasteiger partial charge in [0.1, 0.15) is 11.5 Å². The fraction of sp³-hybridized carbons (Fsp3) is 0.400. The Morgan fingerprint density at radius 3 is 1.96 bits per heavy atom. The lowest BCUT2D eigenvalue weighted by Gasteiger charge is -2.40. The molecule has 3 aromatic carbocycles. The number of anilines is 1. The Balaban J connectivity index is 1.50. The zero-order valence-electron chi connectivity index (χ0n) is 29.1. The number of hydrogen-bond donors (Lipinski definition) is 1. The normalized spacial score (nSPS) is 14.0. The summed E-state index contributed by atoms with van der Waals surface area (Å²) in [6.07, 6.45) is 3.36. The standard InChI is InChI=1S/C40H48N2O6/c1-27-34(26-37(43)44)39(42-19-17-40(3,4)18-20-42)38(28(2)41-27)31-13-14-35(47-21-15-29-9-7-11-32(23-29)45-5)36(25-31)48-22-16-30-10-8-12-33(24-30)46-6/h7-14,23-25H,15-22,26H2,1-6H3,(H,43,44). The van der Waals surface area contributed by atoms with Crippen LogP contribution in [0.1, 0.15) is 54.8 Å². The minimum atomic E-state index is -0.866. The van der Waals surface area contributed by atoms with Gasteiger partial charge in [0, 0.05) is 48.4 Å². The molecule has 0 saturated carbocycles. The summed E-state index contributed by atoms with van der Waals surface area (Å²) in [5, 5.41) is 9.93. The lowest BCUT2D eigenvalue weighted by atomic mass is 9.82. The molecular weight excluding hydrogens is 604 g/mol. The number of aryl methyl sites for hydroxylation is 2. The number of carboxylic acid groups (broad SMARTS) is 1. The van der Waals surface area contributed by atoms with Crippen LogP contribution >= 0.6 is 0 Å². The number of pyridine rings is 1. The SMILES string of the molecule is COc1cccc(CCOc2ccc(-c3c(C)nc(C)c(CC(=O)O)c3N3CCC(C)(C)CC3)cc2OCCc2cccc(OC)c2)c1. The monoisotopic (exact) mass is 652 g/mol. The molecule has 0 amide bonds. The van der Waals surface area contributed by atoms with Gasteiger partial charge < -0.3 is 29.0 Å². The molecule has 8 heteroatoms. The molecule has 0 radical (unpaired) electrons. The van der Waals surface area contributed by atoms with Crippen LogP contribution in [-0.4, -0.2) is 56.6 Å². The van der Waals surface area contributed by atoms with Crippen molar-refractivity contribution in [3.8, 4) is 34.1 Å². The van der Waals surface area contributed by atoms with Crippen LogP contribution in [-0.2, 0) is 24.1 Å². The van der Waals surface area contributed by atoms with E-state index in [2.05, 4.69) is 30.9 Å². The molecule has 4 aromatic rings. The van der Waals surface area contributed by atoms with Gasteiger partial charge in [0.15, 0.2) is 11.5 Å². The van der Waals surface area contributed by atoms with Gasteiger partial charge in [0.05, 0.1) is 39.5 Å². The first-order chi connectivity index (χ1) is 23.1. The summed E-state index contributed by atoms with van der Waals surface area (Å²) in [6.45, 7) is 11.1. The Kier molecular flexibility index (Phi) is 11.1. The first kappa shape index (κ1) is 34.6. The van der Waals surface area contributed by atoms with E-state index in [4.69, 9.17) is 23.9 Å². The van der Waals surface area contributed by atoms with Crippen LogP contribution in [0.5, 0.6) is 23.0 Å². The summed E-state index contributed by atoms with van der Waals surface area (Å²) in [4.78, 5) is 19.3. The summed E-state index contributed by atoms with van der Waals surface area (Å²) in [7, 11) is 3.33. The van der Waals surface area contributed by atoms with E-state index >= 15 is 0 Å². The van der Waals surface area contributed by atoms with Crippen LogP contribution in [0.15, 0.2) is 66.7 Å². The average molecular weight is 653 g/mol. The average Bonchev–Trinajstić information content (AvgIpc) is 3.06. The predicted octanol–water partition coefficient (Wildman–Crippen LogP) is 7.88. The molecular formula is C40H48N2O6. The van der Waals surface area contributed by atoms with E-state index in [1.807, 2.05) is 68.4 Å². The van der Waals surface area contributed by atoms with E-state index < -0.39 is 5.97 Å². The molecule has 1 N–H and O–H groups in total. The van der Waals surface area contributed by atoms with Gasteiger partial charge in [-0.3, -0.25) is 9.78 Å². The van der Waals surface area contributed by atoms with Crippen molar-refractivity contribution in [1.82, 2.24) is 4.98 Å². The van der Waals surface area contributed by atoms with Crippen LogP contribution in [0.4, 0.5) is 5.69 Å². The Bertz CT molecular complexity index is 1720. The van der Waals surface area contributed by atoms with Crippen LogP contribution in [0.2, 0.25) is 0 Å². The summed E-state index contributed by atoms with van der Waals surface area (Å²) in [6, 6.07) is 22.0. The van der Waals surface area contributed by atoms with Crippen LogP contribution < -0.4 is 23.8 Å². The van der Waals surface area contributed by atoms with E-state index in [1.165, 1.54) is 0 Å². The molecule has 1 aliphatic heterocycles. The van der Waals surface area contributed by atoms with Gasteiger partial charge in [-0.1, -0.05) is 44.2 Å². The number of carbonyl (C=O) groups is 1. The minimum Gasteiger partial charge on any atom is -0.497 e. The summed E-state index contributed by atoms with van der Waals surface area (Å²) >= 11 is 0. The van der Waals surface area contributed by atoms with Gasteiger partial charge in [0.2, 0.25) is 0 Å². The topological polar surface area (TPSA) is 90.4 Å². The fourth-order valence-corrected chi connectivity index (χ4v) is 6.37. The number of aliphatic carboxylic acids is 1. The number of ether oxygens (including phenoxy) is 4. The van der Waals surface area contributed by atoms with Crippen molar-refractivity contribution in [1.29, 1.82) is 0 Å². The van der Waals surface area contributed by atoms with Gasteiger partial charge in [-0.2, -0.15) is 0 Å². The molecule has 0 unspecified atom stereocenters. The maximum absolute atomic E-state index is 12.1. The zero-order chi connectivity index (χ0) is 34.3. The second-order valence-corrected chi connectivity index (χ2v) is 13.3. The van der Waals surface area contributed by atoms with Crippen molar-refractivity contribution in [2.45, 2.75) is 59.8 Å². The molecule has 48 heavy (non-hydrogen) atoms. The lowest BCUT2D eigenvalue weighted by Crippen LogP contribution is -2.38. The minimum absolute atomic E-state index is 0.0866. The largest absolute Gasteiger partial charge is 0.497 e. The molecule has 0 aliphatic carbocycles. The van der Waals surface area contributed by atoms with E-state index in [1.54, 1.807) is 14.2 Å². The van der Waals surface area contributed by atoms with Gasteiger partial charge in [-0.25, -0.2) is 0 Å². The first-order valence-corrected chi connectivity index (χ1v) is 16.7. The molecule has 1 aromatic heterocycles. The van der Waals surface area contributed by atoms with Crippen LogP contribution in [0.3, 0.4) is 0 Å². The van der Waals surface area contributed by atoms with Gasteiger partial charge >= 0.3 is 5.97 Å². The van der Waals surface area contributed by atoms with Gasteiger partial charge in [-0.05, 0) is 85.2 Å². The third-order valence-electron chi connectivity index (χ3n) is 9.22. The maximum Gasteiger partial charge on any atom is 0.307 e. The molecule has 1 aliphatic rings. The van der Waals surface area contributed by atoms with Crippen LogP contribution in [0.25, 0.3) is 11.1 Å². The molecule has 0 spiro atoms. The smallest absolute Gasteiger partial charge is 0.307 e. The molecule has 5 rings (SSSR count). The number of carboxylic acids is 1. The molecule has 1 saturated heterocycles. The van der Waals surface area contributed by atoms with Crippen molar-refractivity contribution in [2.24, 2.45) is 5.41 Å². The van der Waals surface area contributed by atoms with Crippen molar-refractivity contribution < 1.29 is 28.8 Å². The summed E-state index contributed by atoms with van der Waals surface area (Å²) in [5.41, 5.74) is 7.68. The number of aromatic nitrogens is 1. The first-order valence-electron chi connectivity index (χ1n) is 16.7. The van der Waals surface area contributed by atoms with Crippen molar-refractivity contribution in [3.63, 3.8) is 0 Å². The summed E-state index contributed by atoms with van der Waals surface area (Å²) < 4.78 is 23.6. The predicted molar refractivity (Wildman–Crippen MR) is 190 cm³/mol. The highest BCUT2D eigenvalue weighted by Crippen LogP contribution is 2.43. The van der Waals surface area contributed by atoms with Crippen molar-refractivity contribution in [2.75, 3.05) is 45.4 Å². The highest BCUT2D eigenvalue weighted by molar-refractivity contribution is 5.87. The third kappa shape index (κ3) is 8.59. The number of piperidine rings is 1. The second kappa shape index (κ2) is 15.5. The molecule has 254 valence electrons.